The third-order valence-electron chi connectivity index (χ3n) is 1.65. The lowest BCUT2D eigenvalue weighted by Crippen LogP contribution is -2.05. The summed E-state index contributed by atoms with van der Waals surface area (Å²) in [6.07, 6.45) is 0.742. The van der Waals surface area contributed by atoms with Crippen LogP contribution in [0.3, 0.4) is 0 Å². The smallest absolute Gasteiger partial charge is 0.128 e. The fourth-order valence-corrected chi connectivity index (χ4v) is 0.968. The molecule has 1 heterocycles. The van der Waals surface area contributed by atoms with E-state index in [1.807, 2.05) is 25.2 Å². The first kappa shape index (κ1) is 9.80. The minimum Gasteiger partial charge on any atom is -0.396 e. The van der Waals surface area contributed by atoms with Crippen LogP contribution in [0, 0.1) is 0 Å². The van der Waals surface area contributed by atoms with Crippen molar-refractivity contribution in [3.8, 4) is 0 Å². The van der Waals surface area contributed by atoms with Crippen molar-refractivity contribution in [2.45, 2.75) is 6.42 Å². The predicted molar refractivity (Wildman–Crippen MR) is 54.0 cm³/mol. The molecule has 0 bridgehead atoms. The van der Waals surface area contributed by atoms with Crippen LogP contribution in [0.25, 0.3) is 0 Å². The number of aromatic nitrogens is 1. The first-order valence-corrected chi connectivity index (χ1v) is 4.36. The number of nitrogens with one attached hydrogen (secondary N) is 2. The summed E-state index contributed by atoms with van der Waals surface area (Å²) in [5.74, 6) is 1.68. The fourth-order valence-electron chi connectivity index (χ4n) is 0.968. The number of hydrogen-bond donors (Lipinski definition) is 3. The monoisotopic (exact) mass is 181 g/mol. The third kappa shape index (κ3) is 3.29. The van der Waals surface area contributed by atoms with Gasteiger partial charge in [-0.05, 0) is 18.6 Å². The summed E-state index contributed by atoms with van der Waals surface area (Å²) >= 11 is 0. The summed E-state index contributed by atoms with van der Waals surface area (Å²) in [6, 6.07) is 5.73. The zero-order valence-electron chi connectivity index (χ0n) is 7.75. The summed E-state index contributed by atoms with van der Waals surface area (Å²) in [4.78, 5) is 4.26. The van der Waals surface area contributed by atoms with Crippen molar-refractivity contribution < 1.29 is 5.11 Å². The number of pyridine rings is 1. The van der Waals surface area contributed by atoms with E-state index in [-0.39, 0.29) is 6.61 Å². The van der Waals surface area contributed by atoms with Crippen LogP contribution < -0.4 is 10.6 Å². The molecule has 0 unspecified atom stereocenters. The summed E-state index contributed by atoms with van der Waals surface area (Å²) < 4.78 is 0. The Bertz CT molecular complexity index is 252. The molecule has 0 spiro atoms. The van der Waals surface area contributed by atoms with Crippen LogP contribution in [0.1, 0.15) is 6.42 Å². The van der Waals surface area contributed by atoms with E-state index in [1.165, 1.54) is 0 Å². The van der Waals surface area contributed by atoms with Gasteiger partial charge in [-0.15, -0.1) is 0 Å². The third-order valence-corrected chi connectivity index (χ3v) is 1.65. The summed E-state index contributed by atoms with van der Waals surface area (Å²) in [5.41, 5.74) is 0. The molecule has 0 aromatic carbocycles. The van der Waals surface area contributed by atoms with Gasteiger partial charge in [-0.25, -0.2) is 4.98 Å². The second-order valence-corrected chi connectivity index (χ2v) is 2.66. The Morgan fingerprint density at radius 2 is 2.15 bits per heavy atom. The zero-order chi connectivity index (χ0) is 9.52. The molecule has 0 aliphatic heterocycles. The van der Waals surface area contributed by atoms with E-state index in [9.17, 15) is 0 Å². The van der Waals surface area contributed by atoms with Gasteiger partial charge >= 0.3 is 0 Å². The fraction of sp³-hybridized carbons (Fsp3) is 0.444. The minimum atomic E-state index is 0.207. The Balaban J connectivity index is 2.46. The Morgan fingerprint density at radius 1 is 1.38 bits per heavy atom. The number of aliphatic hydroxyl groups is 1. The minimum absolute atomic E-state index is 0.207. The van der Waals surface area contributed by atoms with E-state index in [0.717, 1.165) is 24.6 Å². The molecule has 13 heavy (non-hydrogen) atoms. The van der Waals surface area contributed by atoms with Crippen molar-refractivity contribution in [1.29, 1.82) is 0 Å². The predicted octanol–water partition coefficient (Wildman–Crippen LogP) is 0.918. The lowest BCUT2D eigenvalue weighted by molar-refractivity contribution is 0.292. The molecule has 0 fully saturated rings. The number of aliphatic hydroxyl groups excluding tert-OH is 1. The van der Waals surface area contributed by atoms with Gasteiger partial charge < -0.3 is 15.7 Å². The van der Waals surface area contributed by atoms with Gasteiger partial charge in [0.25, 0.3) is 0 Å². The molecule has 1 aromatic heterocycles. The van der Waals surface area contributed by atoms with Gasteiger partial charge in [0.05, 0.1) is 0 Å². The van der Waals surface area contributed by atoms with Gasteiger partial charge in [0.1, 0.15) is 11.6 Å². The van der Waals surface area contributed by atoms with E-state index in [2.05, 4.69) is 15.6 Å². The lowest BCUT2D eigenvalue weighted by Gasteiger charge is -2.05. The van der Waals surface area contributed by atoms with Crippen LogP contribution in [0.5, 0.6) is 0 Å². The molecule has 72 valence electrons. The standard InChI is InChI=1S/C9H15N3O/c1-10-8-4-2-5-9(12-8)11-6-3-7-13/h2,4-5,13H,3,6-7H2,1H3,(H2,10,11,12). The van der Waals surface area contributed by atoms with Crippen molar-refractivity contribution in [3.63, 3.8) is 0 Å². The van der Waals surface area contributed by atoms with Crippen molar-refractivity contribution in [2.24, 2.45) is 0 Å². The second kappa shape index (κ2) is 5.37. The topological polar surface area (TPSA) is 57.2 Å². The van der Waals surface area contributed by atoms with Crippen LogP contribution >= 0.6 is 0 Å². The Kier molecular flexibility index (Phi) is 4.05. The first-order chi connectivity index (χ1) is 6.36. The molecule has 3 N–H and O–H groups in total. The molecule has 4 nitrogen and oxygen atoms in total. The maximum atomic E-state index is 8.57. The highest BCUT2D eigenvalue weighted by molar-refractivity contribution is 5.44. The molecule has 0 atom stereocenters. The molecule has 0 aliphatic rings. The molecule has 1 rings (SSSR count). The summed E-state index contributed by atoms with van der Waals surface area (Å²) in [7, 11) is 1.83. The van der Waals surface area contributed by atoms with Gasteiger partial charge in [0.2, 0.25) is 0 Å². The maximum absolute atomic E-state index is 8.57. The first-order valence-electron chi connectivity index (χ1n) is 4.36. The molecule has 1 aromatic rings. The highest BCUT2D eigenvalue weighted by Crippen LogP contribution is 2.07. The molecule has 4 heteroatoms. The lowest BCUT2D eigenvalue weighted by atomic mass is 10.4. The molecule has 0 saturated carbocycles. The molecular weight excluding hydrogens is 166 g/mol. The van der Waals surface area contributed by atoms with Crippen molar-refractivity contribution in [1.82, 2.24) is 4.98 Å². The van der Waals surface area contributed by atoms with E-state index < -0.39 is 0 Å². The average molecular weight is 181 g/mol. The van der Waals surface area contributed by atoms with Crippen molar-refractivity contribution >= 4 is 11.6 Å². The average Bonchev–Trinajstić information content (AvgIpc) is 2.19. The Labute approximate surface area is 78.0 Å². The molecule has 0 aliphatic carbocycles. The van der Waals surface area contributed by atoms with Crippen LogP contribution in [0.15, 0.2) is 18.2 Å². The number of hydrogen-bond acceptors (Lipinski definition) is 4. The summed E-state index contributed by atoms with van der Waals surface area (Å²) in [5, 5.41) is 14.6. The SMILES string of the molecule is CNc1cccc(NCCCO)n1. The molecular formula is C9H15N3O. The summed E-state index contributed by atoms with van der Waals surface area (Å²) in [6.45, 7) is 0.954. The number of anilines is 2. The largest absolute Gasteiger partial charge is 0.396 e. The molecule has 0 saturated heterocycles. The van der Waals surface area contributed by atoms with Gasteiger partial charge in [-0.2, -0.15) is 0 Å². The van der Waals surface area contributed by atoms with Crippen molar-refractivity contribution in [2.75, 3.05) is 30.8 Å². The van der Waals surface area contributed by atoms with Crippen LogP contribution in [-0.2, 0) is 0 Å². The number of rotatable bonds is 5. The van der Waals surface area contributed by atoms with E-state index >= 15 is 0 Å². The number of nitrogens with zero attached hydrogens (tertiary/aromatic N) is 1. The van der Waals surface area contributed by atoms with E-state index in [1.54, 1.807) is 0 Å². The Morgan fingerprint density at radius 3 is 2.85 bits per heavy atom. The molecule has 0 radical (unpaired) electrons. The van der Waals surface area contributed by atoms with Gasteiger partial charge in [0, 0.05) is 20.2 Å². The quantitative estimate of drug-likeness (QED) is 0.591. The highest BCUT2D eigenvalue weighted by atomic mass is 16.3. The van der Waals surface area contributed by atoms with Crippen LogP contribution in [-0.4, -0.2) is 30.3 Å². The van der Waals surface area contributed by atoms with Crippen LogP contribution in [0.2, 0.25) is 0 Å². The van der Waals surface area contributed by atoms with E-state index in [4.69, 9.17) is 5.11 Å². The zero-order valence-corrected chi connectivity index (χ0v) is 7.75. The van der Waals surface area contributed by atoms with Crippen molar-refractivity contribution in [3.05, 3.63) is 18.2 Å². The Hall–Kier alpha value is -1.29. The van der Waals surface area contributed by atoms with E-state index in [0.29, 0.717) is 0 Å². The molecule has 0 amide bonds. The van der Waals surface area contributed by atoms with Crippen LogP contribution in [0.4, 0.5) is 11.6 Å². The maximum Gasteiger partial charge on any atom is 0.128 e. The van der Waals surface area contributed by atoms with Gasteiger partial charge in [-0.3, -0.25) is 0 Å². The normalized spacial score (nSPS) is 9.69. The second-order valence-electron chi connectivity index (χ2n) is 2.66. The van der Waals surface area contributed by atoms with Gasteiger partial charge in [-0.1, -0.05) is 6.07 Å². The highest BCUT2D eigenvalue weighted by Gasteiger charge is 1.93. The van der Waals surface area contributed by atoms with Gasteiger partial charge in [0.15, 0.2) is 0 Å².